The zero-order valence-electron chi connectivity index (χ0n) is 16.1. The van der Waals surface area contributed by atoms with Crippen LogP contribution in [0.1, 0.15) is 43.7 Å². The predicted octanol–water partition coefficient (Wildman–Crippen LogP) is 3.58. The van der Waals surface area contributed by atoms with Gasteiger partial charge in [-0.15, -0.1) is 0 Å². The number of Topliss-reactive ketones (excluding diaryl/α,β-unsaturated/α-hetero) is 1. The molecule has 2 aromatic rings. The maximum absolute atomic E-state index is 12.2. The molecule has 1 unspecified atom stereocenters. The van der Waals surface area contributed by atoms with Crippen LogP contribution in [0.3, 0.4) is 0 Å². The standard InChI is InChI=1S/C22H29NO4/c1-3-4-18(24)13-19(25)11-9-17-10-12-20(26)22(27-2)21(17)16-7-5-15(14-23)6-8-16/h5-8,10,12,18,24,26H,3-4,9,11,13-14,23H2,1-2H3. The van der Waals surface area contributed by atoms with Crippen molar-refractivity contribution in [3.8, 4) is 22.6 Å². The van der Waals surface area contributed by atoms with E-state index < -0.39 is 6.10 Å². The minimum Gasteiger partial charge on any atom is -0.504 e. The van der Waals surface area contributed by atoms with Gasteiger partial charge in [-0.1, -0.05) is 43.7 Å². The Morgan fingerprint density at radius 1 is 1.19 bits per heavy atom. The Morgan fingerprint density at radius 3 is 2.48 bits per heavy atom. The Hall–Kier alpha value is -2.37. The first-order chi connectivity index (χ1) is 13.0. The van der Waals surface area contributed by atoms with Crippen molar-refractivity contribution in [2.24, 2.45) is 5.73 Å². The molecule has 5 heteroatoms. The number of phenolic OH excluding ortho intramolecular Hbond substituents is 1. The Kier molecular flexibility index (Phi) is 7.82. The van der Waals surface area contributed by atoms with E-state index in [9.17, 15) is 15.0 Å². The molecule has 0 heterocycles. The van der Waals surface area contributed by atoms with Crippen molar-refractivity contribution in [3.05, 3.63) is 47.5 Å². The zero-order chi connectivity index (χ0) is 19.8. The van der Waals surface area contributed by atoms with Gasteiger partial charge in [-0.3, -0.25) is 4.79 Å². The highest BCUT2D eigenvalue weighted by atomic mass is 16.5. The summed E-state index contributed by atoms with van der Waals surface area (Å²) in [5.41, 5.74) is 9.28. The van der Waals surface area contributed by atoms with Gasteiger partial charge in [0.25, 0.3) is 0 Å². The van der Waals surface area contributed by atoms with Crippen LogP contribution >= 0.6 is 0 Å². The molecule has 0 fully saturated rings. The van der Waals surface area contributed by atoms with Crippen molar-refractivity contribution in [1.29, 1.82) is 0 Å². The Labute approximate surface area is 160 Å². The summed E-state index contributed by atoms with van der Waals surface area (Å²) in [5, 5.41) is 20.0. The monoisotopic (exact) mass is 371 g/mol. The first-order valence-electron chi connectivity index (χ1n) is 9.38. The van der Waals surface area contributed by atoms with Gasteiger partial charge in [-0.2, -0.15) is 0 Å². The lowest BCUT2D eigenvalue weighted by molar-refractivity contribution is -0.121. The van der Waals surface area contributed by atoms with Crippen molar-refractivity contribution in [2.45, 2.75) is 51.7 Å². The fourth-order valence-electron chi connectivity index (χ4n) is 3.23. The van der Waals surface area contributed by atoms with Gasteiger partial charge in [0, 0.05) is 24.9 Å². The average Bonchev–Trinajstić information content (AvgIpc) is 2.67. The zero-order valence-corrected chi connectivity index (χ0v) is 16.1. The van der Waals surface area contributed by atoms with E-state index in [1.807, 2.05) is 37.3 Å². The number of hydrogen-bond donors (Lipinski definition) is 3. The lowest BCUT2D eigenvalue weighted by Gasteiger charge is -2.16. The van der Waals surface area contributed by atoms with Crippen LogP contribution in [0.5, 0.6) is 11.5 Å². The van der Waals surface area contributed by atoms with Crippen molar-refractivity contribution in [1.82, 2.24) is 0 Å². The molecule has 0 saturated heterocycles. The second-order valence-electron chi connectivity index (χ2n) is 6.74. The number of methoxy groups -OCH3 is 1. The molecule has 0 aliphatic heterocycles. The lowest BCUT2D eigenvalue weighted by Crippen LogP contribution is -2.13. The summed E-state index contributed by atoms with van der Waals surface area (Å²) in [6.07, 6.45) is 1.96. The molecule has 146 valence electrons. The third-order valence-electron chi connectivity index (χ3n) is 4.66. The molecule has 0 amide bonds. The number of aromatic hydroxyl groups is 1. The lowest BCUT2D eigenvalue weighted by atomic mass is 9.93. The smallest absolute Gasteiger partial charge is 0.168 e. The number of benzene rings is 2. The Balaban J connectivity index is 2.26. The molecule has 27 heavy (non-hydrogen) atoms. The fraction of sp³-hybridized carbons (Fsp3) is 0.409. The van der Waals surface area contributed by atoms with E-state index in [1.165, 1.54) is 7.11 Å². The number of aliphatic hydroxyl groups excluding tert-OH is 1. The van der Waals surface area contributed by atoms with Crippen molar-refractivity contribution >= 4 is 5.78 Å². The van der Waals surface area contributed by atoms with Crippen LogP contribution in [-0.4, -0.2) is 29.2 Å². The highest BCUT2D eigenvalue weighted by Gasteiger charge is 2.17. The van der Waals surface area contributed by atoms with Crippen LogP contribution in [0.2, 0.25) is 0 Å². The quantitative estimate of drug-likeness (QED) is 0.594. The predicted molar refractivity (Wildman–Crippen MR) is 107 cm³/mol. The number of phenols is 1. The molecule has 4 N–H and O–H groups in total. The van der Waals surface area contributed by atoms with Crippen LogP contribution in [0.4, 0.5) is 0 Å². The van der Waals surface area contributed by atoms with Crippen molar-refractivity contribution in [2.75, 3.05) is 7.11 Å². The summed E-state index contributed by atoms with van der Waals surface area (Å²) in [5.74, 6) is 0.489. The van der Waals surface area contributed by atoms with Gasteiger partial charge in [0.1, 0.15) is 5.78 Å². The topological polar surface area (TPSA) is 92.8 Å². The third-order valence-corrected chi connectivity index (χ3v) is 4.66. The second-order valence-corrected chi connectivity index (χ2v) is 6.74. The molecule has 0 aromatic heterocycles. The summed E-state index contributed by atoms with van der Waals surface area (Å²) in [6.45, 7) is 2.44. The minimum atomic E-state index is -0.569. The number of rotatable bonds is 10. The van der Waals surface area contributed by atoms with E-state index in [4.69, 9.17) is 10.5 Å². The van der Waals surface area contributed by atoms with E-state index in [0.717, 1.165) is 28.7 Å². The van der Waals surface area contributed by atoms with Crippen LogP contribution in [0, 0.1) is 0 Å². The van der Waals surface area contributed by atoms with Gasteiger partial charge in [-0.25, -0.2) is 0 Å². The number of hydrogen-bond acceptors (Lipinski definition) is 5. The molecule has 0 saturated carbocycles. The third kappa shape index (κ3) is 5.55. The number of aryl methyl sites for hydroxylation is 1. The summed E-state index contributed by atoms with van der Waals surface area (Å²) in [7, 11) is 1.52. The van der Waals surface area contributed by atoms with Crippen molar-refractivity contribution < 1.29 is 19.7 Å². The summed E-state index contributed by atoms with van der Waals surface area (Å²) >= 11 is 0. The van der Waals surface area contributed by atoms with Crippen LogP contribution in [-0.2, 0) is 17.8 Å². The van der Waals surface area contributed by atoms with Crippen LogP contribution in [0.25, 0.3) is 11.1 Å². The second kappa shape index (κ2) is 10.1. The van der Waals surface area contributed by atoms with Crippen LogP contribution in [0.15, 0.2) is 36.4 Å². The molecular weight excluding hydrogens is 342 g/mol. The van der Waals surface area contributed by atoms with Gasteiger partial charge in [0.2, 0.25) is 0 Å². The van der Waals surface area contributed by atoms with E-state index in [-0.39, 0.29) is 18.0 Å². The molecule has 0 aliphatic carbocycles. The van der Waals surface area contributed by atoms with Crippen LogP contribution < -0.4 is 10.5 Å². The molecule has 1 atom stereocenters. The van der Waals surface area contributed by atoms with Gasteiger partial charge in [-0.05, 0) is 35.6 Å². The van der Waals surface area contributed by atoms with Gasteiger partial charge in [0.15, 0.2) is 11.5 Å². The number of carbonyl (C=O) groups is 1. The fourth-order valence-corrected chi connectivity index (χ4v) is 3.23. The molecular formula is C22H29NO4. The average molecular weight is 371 g/mol. The SMILES string of the molecule is CCCC(O)CC(=O)CCc1ccc(O)c(OC)c1-c1ccc(CN)cc1. The summed E-state index contributed by atoms with van der Waals surface area (Å²) in [6, 6.07) is 11.2. The van der Waals surface area contributed by atoms with Gasteiger partial charge < -0.3 is 20.7 Å². The number of ether oxygens (including phenoxy) is 1. The van der Waals surface area contributed by atoms with Gasteiger partial charge >= 0.3 is 0 Å². The number of nitrogens with two attached hydrogens (primary N) is 1. The molecule has 0 radical (unpaired) electrons. The molecule has 0 aliphatic rings. The normalized spacial score (nSPS) is 12.0. The minimum absolute atomic E-state index is 0.0346. The first kappa shape index (κ1) is 20.9. The van der Waals surface area contributed by atoms with E-state index in [0.29, 0.717) is 31.6 Å². The molecule has 5 nitrogen and oxygen atoms in total. The number of carbonyl (C=O) groups excluding carboxylic acids is 1. The van der Waals surface area contributed by atoms with E-state index in [1.54, 1.807) is 6.07 Å². The highest BCUT2D eigenvalue weighted by molar-refractivity contribution is 5.81. The largest absolute Gasteiger partial charge is 0.504 e. The summed E-state index contributed by atoms with van der Waals surface area (Å²) in [4.78, 5) is 12.2. The van der Waals surface area contributed by atoms with E-state index >= 15 is 0 Å². The molecule has 0 bridgehead atoms. The Morgan fingerprint density at radius 2 is 1.89 bits per heavy atom. The van der Waals surface area contributed by atoms with Crippen molar-refractivity contribution in [3.63, 3.8) is 0 Å². The number of ketones is 1. The van der Waals surface area contributed by atoms with E-state index in [2.05, 4.69) is 0 Å². The number of aliphatic hydroxyl groups is 1. The summed E-state index contributed by atoms with van der Waals surface area (Å²) < 4.78 is 5.43. The Bertz CT molecular complexity index is 756. The molecule has 2 rings (SSSR count). The maximum atomic E-state index is 12.2. The van der Waals surface area contributed by atoms with Gasteiger partial charge in [0.05, 0.1) is 13.2 Å². The highest BCUT2D eigenvalue weighted by Crippen LogP contribution is 2.40. The maximum Gasteiger partial charge on any atom is 0.168 e. The molecule has 2 aromatic carbocycles. The first-order valence-corrected chi connectivity index (χ1v) is 9.38. The molecule has 0 spiro atoms.